The number of allylic oxidation sites excluding steroid dienone is 2. The minimum Gasteiger partial charge on any atom is -0.504 e. The fourth-order valence-corrected chi connectivity index (χ4v) is 2.88. The van der Waals surface area contributed by atoms with Crippen molar-refractivity contribution in [1.82, 2.24) is 4.90 Å². The van der Waals surface area contributed by atoms with Gasteiger partial charge in [0.1, 0.15) is 0 Å². The molecule has 0 aromatic carbocycles. The number of aliphatic imine (C=N–C) groups is 1. The number of fused-ring (bicyclic) bond motifs is 2. The molecule has 0 bridgehead atoms. The van der Waals surface area contributed by atoms with E-state index in [-0.39, 0.29) is 29.3 Å². The maximum atomic E-state index is 12.3. The molecule has 0 aromatic rings. The molecule has 1 N–H and O–H groups in total. The van der Waals surface area contributed by atoms with Gasteiger partial charge in [0.05, 0.1) is 18.7 Å². The molecule has 1 aliphatic carbocycles. The summed E-state index contributed by atoms with van der Waals surface area (Å²) in [4.78, 5) is 18.9. The molecular weight excluding hydrogens is 244 g/mol. The highest BCUT2D eigenvalue weighted by Crippen LogP contribution is 2.32. The number of rotatable bonds is 1. The standard InChI is InChI=1S/C14H16N2O3/c1-8-3-9-5-15-11-4-12(17)14(19-2)13(18)10(11)7-16(9)6-8/h4-5,9-10,17H,1,3,6-7H2,2H3/t9-,10?/m0/s1. The van der Waals surface area contributed by atoms with Crippen LogP contribution in [0.3, 0.4) is 0 Å². The van der Waals surface area contributed by atoms with Gasteiger partial charge in [-0.3, -0.25) is 14.7 Å². The van der Waals surface area contributed by atoms with Crippen molar-refractivity contribution >= 4 is 12.0 Å². The topological polar surface area (TPSA) is 62.1 Å². The van der Waals surface area contributed by atoms with Crippen LogP contribution in [0.4, 0.5) is 0 Å². The van der Waals surface area contributed by atoms with Crippen LogP contribution < -0.4 is 0 Å². The Morgan fingerprint density at radius 3 is 3.11 bits per heavy atom. The average Bonchev–Trinajstić information content (AvgIpc) is 2.63. The van der Waals surface area contributed by atoms with E-state index < -0.39 is 0 Å². The zero-order valence-electron chi connectivity index (χ0n) is 10.8. The van der Waals surface area contributed by atoms with Gasteiger partial charge in [-0.1, -0.05) is 12.2 Å². The fourth-order valence-electron chi connectivity index (χ4n) is 2.88. The Bertz CT molecular complexity index is 545. The smallest absolute Gasteiger partial charge is 0.211 e. The lowest BCUT2D eigenvalue weighted by molar-refractivity contribution is -0.122. The fraction of sp³-hybridized carbons (Fsp3) is 0.429. The molecule has 2 aliphatic heterocycles. The van der Waals surface area contributed by atoms with Crippen molar-refractivity contribution in [3.8, 4) is 0 Å². The molecule has 3 rings (SSSR count). The van der Waals surface area contributed by atoms with Gasteiger partial charge in [-0.25, -0.2) is 0 Å². The van der Waals surface area contributed by atoms with Crippen molar-refractivity contribution in [3.63, 3.8) is 0 Å². The van der Waals surface area contributed by atoms with Crippen molar-refractivity contribution < 1.29 is 14.6 Å². The Hall–Kier alpha value is -1.88. The average molecular weight is 260 g/mol. The summed E-state index contributed by atoms with van der Waals surface area (Å²) in [7, 11) is 1.39. The van der Waals surface area contributed by atoms with Gasteiger partial charge in [0.25, 0.3) is 0 Å². The lowest BCUT2D eigenvalue weighted by atomic mass is 9.93. The van der Waals surface area contributed by atoms with Crippen LogP contribution in [-0.2, 0) is 9.53 Å². The van der Waals surface area contributed by atoms with Gasteiger partial charge in [0, 0.05) is 31.4 Å². The van der Waals surface area contributed by atoms with E-state index in [1.807, 2.05) is 6.21 Å². The van der Waals surface area contributed by atoms with Gasteiger partial charge >= 0.3 is 0 Å². The maximum Gasteiger partial charge on any atom is 0.211 e. The van der Waals surface area contributed by atoms with Gasteiger partial charge in [0.15, 0.2) is 5.76 Å². The van der Waals surface area contributed by atoms with Crippen LogP contribution in [0.5, 0.6) is 0 Å². The summed E-state index contributed by atoms with van der Waals surface area (Å²) in [6.45, 7) is 5.39. The zero-order valence-corrected chi connectivity index (χ0v) is 10.8. The summed E-state index contributed by atoms with van der Waals surface area (Å²) in [6, 6.07) is 0.208. The Kier molecular flexibility index (Phi) is 2.78. The number of ether oxygens (including phenoxy) is 1. The lowest BCUT2D eigenvalue weighted by Gasteiger charge is -2.25. The number of aliphatic hydroxyl groups excluding tert-OH is 1. The second-order valence-electron chi connectivity index (χ2n) is 5.13. The predicted molar refractivity (Wildman–Crippen MR) is 70.9 cm³/mol. The summed E-state index contributed by atoms with van der Waals surface area (Å²) in [5, 5.41) is 9.77. The van der Waals surface area contributed by atoms with E-state index in [9.17, 15) is 9.90 Å². The highest BCUT2D eigenvalue weighted by atomic mass is 16.5. The molecule has 0 aromatic heterocycles. The van der Waals surface area contributed by atoms with Gasteiger partial charge < -0.3 is 9.84 Å². The van der Waals surface area contributed by atoms with Crippen LogP contribution in [0, 0.1) is 5.92 Å². The van der Waals surface area contributed by atoms with Crippen molar-refractivity contribution in [3.05, 3.63) is 35.4 Å². The highest BCUT2D eigenvalue weighted by Gasteiger charge is 2.39. The largest absolute Gasteiger partial charge is 0.504 e. The van der Waals surface area contributed by atoms with E-state index in [1.165, 1.54) is 13.2 Å². The van der Waals surface area contributed by atoms with Crippen LogP contribution in [0.2, 0.25) is 0 Å². The summed E-state index contributed by atoms with van der Waals surface area (Å²) in [5.74, 6) is -0.673. The Balaban J connectivity index is 1.97. The van der Waals surface area contributed by atoms with Crippen LogP contribution in [0.1, 0.15) is 6.42 Å². The quantitative estimate of drug-likeness (QED) is 0.720. The van der Waals surface area contributed by atoms with E-state index in [0.717, 1.165) is 18.5 Å². The molecule has 2 atom stereocenters. The number of ketones is 1. The lowest BCUT2D eigenvalue weighted by Crippen LogP contribution is -2.37. The van der Waals surface area contributed by atoms with Crippen molar-refractivity contribution in [2.75, 3.05) is 20.2 Å². The molecule has 0 saturated carbocycles. The monoisotopic (exact) mass is 260 g/mol. The molecule has 1 fully saturated rings. The molecule has 0 radical (unpaired) electrons. The zero-order chi connectivity index (χ0) is 13.6. The molecule has 1 unspecified atom stereocenters. The minimum atomic E-state index is -0.363. The van der Waals surface area contributed by atoms with Gasteiger partial charge in [-0.15, -0.1) is 0 Å². The molecule has 0 amide bonds. The number of methoxy groups -OCH3 is 1. The first-order chi connectivity index (χ1) is 9.10. The number of carbonyl (C=O) groups excluding carboxylic acids is 1. The Labute approximate surface area is 111 Å². The van der Waals surface area contributed by atoms with Crippen molar-refractivity contribution in [2.45, 2.75) is 12.5 Å². The van der Waals surface area contributed by atoms with Gasteiger partial charge in [-0.05, 0) is 6.42 Å². The van der Waals surface area contributed by atoms with Crippen LogP contribution in [0.15, 0.2) is 40.4 Å². The van der Waals surface area contributed by atoms with E-state index in [1.54, 1.807) is 0 Å². The SMILES string of the molecule is C=C1C[C@H]2C=NC3=CC(O)=C(OC)C(=O)C3CN2C1. The summed E-state index contributed by atoms with van der Waals surface area (Å²) < 4.78 is 4.99. The summed E-state index contributed by atoms with van der Waals surface area (Å²) >= 11 is 0. The maximum absolute atomic E-state index is 12.3. The third-order valence-corrected chi connectivity index (χ3v) is 3.82. The van der Waals surface area contributed by atoms with E-state index in [2.05, 4.69) is 16.5 Å². The number of aliphatic hydroxyl groups is 1. The molecule has 19 heavy (non-hydrogen) atoms. The molecule has 100 valence electrons. The normalized spacial score (nSPS) is 30.9. The first kappa shape index (κ1) is 12.2. The van der Waals surface area contributed by atoms with Crippen LogP contribution >= 0.6 is 0 Å². The van der Waals surface area contributed by atoms with E-state index >= 15 is 0 Å². The second-order valence-corrected chi connectivity index (χ2v) is 5.13. The first-order valence-corrected chi connectivity index (χ1v) is 6.28. The highest BCUT2D eigenvalue weighted by molar-refractivity contribution is 6.00. The number of Topliss-reactive ketones (excluding diaryl/α,β-unsaturated/α-hetero) is 1. The molecule has 5 nitrogen and oxygen atoms in total. The van der Waals surface area contributed by atoms with E-state index in [4.69, 9.17) is 4.74 Å². The molecule has 5 heteroatoms. The number of nitrogens with zero attached hydrogens (tertiary/aromatic N) is 2. The first-order valence-electron chi connectivity index (χ1n) is 6.28. The molecule has 3 aliphatic rings. The molecular formula is C14H16N2O3. The Morgan fingerprint density at radius 2 is 2.37 bits per heavy atom. The summed E-state index contributed by atoms with van der Waals surface area (Å²) in [5.41, 5.74) is 1.78. The molecule has 2 heterocycles. The number of carbonyl (C=O) groups is 1. The summed E-state index contributed by atoms with van der Waals surface area (Å²) in [6.07, 6.45) is 4.26. The van der Waals surface area contributed by atoms with Gasteiger partial charge in [-0.2, -0.15) is 0 Å². The van der Waals surface area contributed by atoms with Crippen LogP contribution in [0.25, 0.3) is 0 Å². The van der Waals surface area contributed by atoms with E-state index in [0.29, 0.717) is 12.2 Å². The predicted octanol–water partition coefficient (Wildman–Crippen LogP) is 1.20. The third-order valence-electron chi connectivity index (χ3n) is 3.82. The molecule has 1 saturated heterocycles. The Morgan fingerprint density at radius 1 is 1.58 bits per heavy atom. The minimum absolute atomic E-state index is 0.0282. The van der Waals surface area contributed by atoms with Gasteiger partial charge in [0.2, 0.25) is 11.5 Å². The third kappa shape index (κ3) is 1.90. The number of hydrogen-bond donors (Lipinski definition) is 1. The van der Waals surface area contributed by atoms with Crippen molar-refractivity contribution in [2.24, 2.45) is 10.9 Å². The van der Waals surface area contributed by atoms with Crippen molar-refractivity contribution in [1.29, 1.82) is 0 Å². The second kappa shape index (κ2) is 4.35. The number of hydrogen-bond acceptors (Lipinski definition) is 5. The molecule has 0 spiro atoms. The van der Waals surface area contributed by atoms with Crippen LogP contribution in [-0.4, -0.2) is 48.2 Å².